The summed E-state index contributed by atoms with van der Waals surface area (Å²) in [5, 5.41) is 0. The third-order valence-corrected chi connectivity index (χ3v) is 2.95. The van der Waals surface area contributed by atoms with Crippen molar-refractivity contribution in [1.82, 2.24) is 0 Å². The van der Waals surface area contributed by atoms with E-state index in [-0.39, 0.29) is 12.5 Å². The van der Waals surface area contributed by atoms with Gasteiger partial charge in [0.05, 0.1) is 12.3 Å². The van der Waals surface area contributed by atoms with Crippen LogP contribution in [0.4, 0.5) is 14.5 Å². The van der Waals surface area contributed by atoms with Gasteiger partial charge in [0.2, 0.25) is 5.91 Å². The molecule has 1 amide bonds. The number of methoxy groups -OCH3 is 1. The zero-order valence-electron chi connectivity index (χ0n) is 9.95. The van der Waals surface area contributed by atoms with Gasteiger partial charge in [-0.25, -0.2) is 8.78 Å². The highest BCUT2D eigenvalue weighted by Gasteiger charge is 2.29. The van der Waals surface area contributed by atoms with Gasteiger partial charge in [0.15, 0.2) is 11.6 Å². The highest BCUT2D eigenvalue weighted by molar-refractivity contribution is 5.98. The Morgan fingerprint density at radius 2 is 2.17 bits per heavy atom. The Labute approximate surface area is 103 Å². The van der Waals surface area contributed by atoms with Crippen molar-refractivity contribution in [2.45, 2.75) is 12.5 Å². The van der Waals surface area contributed by atoms with Gasteiger partial charge >= 0.3 is 0 Å². The van der Waals surface area contributed by atoms with E-state index < -0.39 is 17.7 Å². The summed E-state index contributed by atoms with van der Waals surface area (Å²) in [6, 6.07) is 1.36. The molecule has 0 aromatic heterocycles. The molecule has 2 rings (SSSR count). The zero-order chi connectivity index (χ0) is 13.3. The number of fused-ring (bicyclic) bond motifs is 1. The molecule has 4 nitrogen and oxygen atoms in total. The molecular weight excluding hydrogens is 242 g/mol. The first-order chi connectivity index (χ1) is 8.54. The molecule has 2 N–H and O–H groups in total. The highest BCUT2D eigenvalue weighted by atomic mass is 19.2. The van der Waals surface area contributed by atoms with Crippen LogP contribution in [0.5, 0.6) is 0 Å². The van der Waals surface area contributed by atoms with Gasteiger partial charge in [-0.3, -0.25) is 4.79 Å². The third-order valence-electron chi connectivity index (χ3n) is 2.95. The maximum absolute atomic E-state index is 13.2. The molecule has 1 aliphatic heterocycles. The molecule has 0 fully saturated rings. The van der Waals surface area contributed by atoms with Gasteiger partial charge in [-0.15, -0.1) is 0 Å². The Kier molecular flexibility index (Phi) is 3.58. The number of nitrogens with two attached hydrogens (primary N) is 1. The minimum absolute atomic E-state index is 0.0916. The Morgan fingerprint density at radius 3 is 2.83 bits per heavy atom. The summed E-state index contributed by atoms with van der Waals surface area (Å²) in [6.45, 7) is 0.475. The number of hydrogen-bond acceptors (Lipinski definition) is 3. The molecule has 1 aromatic carbocycles. The van der Waals surface area contributed by atoms with Crippen molar-refractivity contribution in [3.05, 3.63) is 29.3 Å². The summed E-state index contributed by atoms with van der Waals surface area (Å²) in [5.41, 5.74) is 6.66. The van der Waals surface area contributed by atoms with Crippen LogP contribution in [0.2, 0.25) is 0 Å². The summed E-state index contributed by atoms with van der Waals surface area (Å²) < 4.78 is 31.1. The van der Waals surface area contributed by atoms with Crippen molar-refractivity contribution in [2.24, 2.45) is 5.73 Å². The first-order valence-electron chi connectivity index (χ1n) is 5.58. The van der Waals surface area contributed by atoms with Crippen LogP contribution in [0.15, 0.2) is 12.1 Å². The van der Waals surface area contributed by atoms with Crippen LogP contribution in [0.1, 0.15) is 5.56 Å². The summed E-state index contributed by atoms with van der Waals surface area (Å²) in [6.07, 6.45) is 0.498. The van der Waals surface area contributed by atoms with Gasteiger partial charge in [-0.1, -0.05) is 0 Å². The second-order valence-corrected chi connectivity index (χ2v) is 4.20. The number of carbonyl (C=O) groups is 1. The molecule has 1 aliphatic rings. The third kappa shape index (κ3) is 2.21. The lowest BCUT2D eigenvalue weighted by molar-refractivity contribution is -0.120. The van der Waals surface area contributed by atoms with E-state index in [9.17, 15) is 13.6 Å². The van der Waals surface area contributed by atoms with Gasteiger partial charge in [0.25, 0.3) is 0 Å². The monoisotopic (exact) mass is 256 g/mol. The van der Waals surface area contributed by atoms with Crippen LogP contribution in [-0.4, -0.2) is 32.2 Å². The number of hydrogen-bond donors (Lipinski definition) is 1. The van der Waals surface area contributed by atoms with E-state index in [4.69, 9.17) is 10.5 Å². The summed E-state index contributed by atoms with van der Waals surface area (Å²) in [4.78, 5) is 13.4. The van der Waals surface area contributed by atoms with E-state index in [1.807, 2.05) is 0 Å². The fourth-order valence-electron chi connectivity index (χ4n) is 2.06. The number of amides is 1. The predicted octanol–water partition coefficient (Wildman–Crippen LogP) is 0.828. The van der Waals surface area contributed by atoms with Crippen LogP contribution in [0, 0.1) is 11.6 Å². The Balaban J connectivity index is 2.26. The standard InChI is InChI=1S/C12H14F2N2O2/c1-18-6-10(15)12(17)16-3-2-7-4-8(13)9(14)5-11(7)16/h4-5,10H,2-3,6,15H2,1H3. The molecule has 1 heterocycles. The second kappa shape index (κ2) is 4.99. The highest BCUT2D eigenvalue weighted by Crippen LogP contribution is 2.30. The summed E-state index contributed by atoms with van der Waals surface area (Å²) in [5.74, 6) is -2.21. The average molecular weight is 256 g/mol. The SMILES string of the molecule is COCC(N)C(=O)N1CCc2cc(F)c(F)cc21. The molecule has 98 valence electrons. The molecule has 0 saturated heterocycles. The smallest absolute Gasteiger partial charge is 0.246 e. The first-order valence-corrected chi connectivity index (χ1v) is 5.58. The number of carbonyl (C=O) groups excluding carboxylic acids is 1. The first kappa shape index (κ1) is 12.9. The number of benzene rings is 1. The van der Waals surface area contributed by atoms with Gasteiger partial charge in [0.1, 0.15) is 6.04 Å². The molecule has 1 unspecified atom stereocenters. The van der Waals surface area contributed by atoms with Crippen LogP contribution in [0.3, 0.4) is 0 Å². The number of nitrogens with zero attached hydrogens (tertiary/aromatic N) is 1. The van der Waals surface area contributed by atoms with E-state index in [1.165, 1.54) is 12.0 Å². The molecule has 0 saturated carbocycles. The summed E-state index contributed by atoms with van der Waals surface area (Å²) in [7, 11) is 1.44. The van der Waals surface area contributed by atoms with E-state index in [0.717, 1.165) is 12.1 Å². The lowest BCUT2D eigenvalue weighted by Gasteiger charge is -2.21. The van der Waals surface area contributed by atoms with Crippen LogP contribution in [-0.2, 0) is 16.0 Å². The molecule has 1 atom stereocenters. The fraction of sp³-hybridized carbons (Fsp3) is 0.417. The molecule has 0 aliphatic carbocycles. The molecule has 18 heavy (non-hydrogen) atoms. The van der Waals surface area contributed by atoms with E-state index in [2.05, 4.69) is 0 Å². The normalized spacial score (nSPS) is 15.7. The quantitative estimate of drug-likeness (QED) is 0.871. The van der Waals surface area contributed by atoms with Crippen molar-refractivity contribution in [2.75, 3.05) is 25.2 Å². The number of ether oxygens (including phenoxy) is 1. The maximum atomic E-state index is 13.2. The van der Waals surface area contributed by atoms with Crippen molar-refractivity contribution in [3.63, 3.8) is 0 Å². The minimum atomic E-state index is -0.964. The number of halogens is 2. The average Bonchev–Trinajstić information content (AvgIpc) is 2.72. The van der Waals surface area contributed by atoms with Gasteiger partial charge in [0, 0.05) is 19.7 Å². The summed E-state index contributed by atoms with van der Waals surface area (Å²) >= 11 is 0. The van der Waals surface area contributed by atoms with Gasteiger partial charge < -0.3 is 15.4 Å². The molecule has 0 spiro atoms. The van der Waals surface area contributed by atoms with Crippen molar-refractivity contribution >= 4 is 11.6 Å². The lowest BCUT2D eigenvalue weighted by Crippen LogP contribution is -2.45. The van der Waals surface area contributed by atoms with Crippen molar-refractivity contribution in [3.8, 4) is 0 Å². The topological polar surface area (TPSA) is 55.6 Å². The van der Waals surface area contributed by atoms with Gasteiger partial charge in [-0.2, -0.15) is 0 Å². The Bertz CT molecular complexity index is 479. The fourth-order valence-corrected chi connectivity index (χ4v) is 2.06. The molecule has 6 heteroatoms. The van der Waals surface area contributed by atoms with Crippen LogP contribution in [0.25, 0.3) is 0 Å². The number of rotatable bonds is 3. The lowest BCUT2D eigenvalue weighted by atomic mass is 10.1. The Hall–Kier alpha value is -1.53. The minimum Gasteiger partial charge on any atom is -0.383 e. The Morgan fingerprint density at radius 1 is 1.50 bits per heavy atom. The predicted molar refractivity (Wildman–Crippen MR) is 62.3 cm³/mol. The molecular formula is C12H14F2N2O2. The number of anilines is 1. The van der Waals surface area contributed by atoms with E-state index in [1.54, 1.807) is 0 Å². The van der Waals surface area contributed by atoms with Crippen LogP contribution >= 0.6 is 0 Å². The van der Waals surface area contributed by atoms with E-state index >= 15 is 0 Å². The largest absolute Gasteiger partial charge is 0.383 e. The second-order valence-electron chi connectivity index (χ2n) is 4.20. The van der Waals surface area contributed by atoms with Gasteiger partial charge in [-0.05, 0) is 18.1 Å². The maximum Gasteiger partial charge on any atom is 0.246 e. The van der Waals surface area contributed by atoms with Crippen molar-refractivity contribution < 1.29 is 18.3 Å². The van der Waals surface area contributed by atoms with Crippen LogP contribution < -0.4 is 10.6 Å². The van der Waals surface area contributed by atoms with E-state index in [0.29, 0.717) is 24.2 Å². The molecule has 0 bridgehead atoms. The molecule has 0 radical (unpaired) electrons. The molecule has 1 aromatic rings. The van der Waals surface area contributed by atoms with Crippen molar-refractivity contribution in [1.29, 1.82) is 0 Å². The zero-order valence-corrected chi connectivity index (χ0v) is 9.95.